The van der Waals surface area contributed by atoms with E-state index < -0.39 is 12.1 Å². The van der Waals surface area contributed by atoms with E-state index in [1.165, 1.54) is 14.0 Å². The van der Waals surface area contributed by atoms with Crippen molar-refractivity contribution in [2.75, 3.05) is 7.11 Å². The van der Waals surface area contributed by atoms with Gasteiger partial charge in [-0.1, -0.05) is 6.07 Å². The molecule has 2 aromatic rings. The predicted molar refractivity (Wildman–Crippen MR) is 68.3 cm³/mol. The monoisotopic (exact) mass is 262 g/mol. The fraction of sp³-hybridized carbons (Fsp3) is 0.231. The molecule has 0 aliphatic heterocycles. The normalized spacial score (nSPS) is 11.9. The van der Waals surface area contributed by atoms with Gasteiger partial charge in [-0.25, -0.2) is 9.78 Å². The Hall–Kier alpha value is -2.50. The van der Waals surface area contributed by atoms with E-state index in [2.05, 4.69) is 9.97 Å². The minimum atomic E-state index is -1.05. The molecule has 1 aromatic heterocycles. The summed E-state index contributed by atoms with van der Waals surface area (Å²) in [5.74, 6) is 0.361. The van der Waals surface area contributed by atoms with Crippen LogP contribution < -0.4 is 9.47 Å². The van der Waals surface area contributed by atoms with Gasteiger partial charge < -0.3 is 19.6 Å². The van der Waals surface area contributed by atoms with Crippen molar-refractivity contribution >= 4 is 5.97 Å². The Morgan fingerprint density at radius 3 is 2.84 bits per heavy atom. The van der Waals surface area contributed by atoms with E-state index in [9.17, 15) is 4.79 Å². The zero-order valence-electron chi connectivity index (χ0n) is 10.6. The molecule has 0 spiro atoms. The van der Waals surface area contributed by atoms with Gasteiger partial charge in [0.1, 0.15) is 5.82 Å². The number of ether oxygens (including phenoxy) is 2. The molecule has 0 radical (unpaired) electrons. The van der Waals surface area contributed by atoms with E-state index >= 15 is 0 Å². The van der Waals surface area contributed by atoms with Crippen LogP contribution in [0.3, 0.4) is 0 Å². The second-order valence-electron chi connectivity index (χ2n) is 3.87. The lowest BCUT2D eigenvalue weighted by Gasteiger charge is -2.16. The number of methoxy groups -OCH3 is 1. The van der Waals surface area contributed by atoms with Crippen molar-refractivity contribution in [1.82, 2.24) is 9.97 Å². The standard InChI is InChI=1S/C13H14N2O4/c1-8(13(16)17)19-11-9(12-14-6-7-15-12)4-3-5-10(11)18-2/h3-8H,1-2H3,(H,14,15)(H,16,17). The summed E-state index contributed by atoms with van der Waals surface area (Å²) in [7, 11) is 1.50. The number of nitrogens with one attached hydrogen (secondary N) is 1. The quantitative estimate of drug-likeness (QED) is 0.860. The van der Waals surface area contributed by atoms with Gasteiger partial charge in [-0.2, -0.15) is 0 Å². The lowest BCUT2D eigenvalue weighted by atomic mass is 10.1. The minimum Gasteiger partial charge on any atom is -0.493 e. The van der Waals surface area contributed by atoms with E-state index in [-0.39, 0.29) is 0 Å². The number of benzene rings is 1. The number of para-hydroxylation sites is 1. The molecule has 19 heavy (non-hydrogen) atoms. The Bertz CT molecular complexity index is 566. The maximum Gasteiger partial charge on any atom is 0.344 e. The number of rotatable bonds is 5. The van der Waals surface area contributed by atoms with Gasteiger partial charge in [0.25, 0.3) is 0 Å². The van der Waals surface area contributed by atoms with Crippen molar-refractivity contribution in [3.05, 3.63) is 30.6 Å². The summed E-state index contributed by atoms with van der Waals surface area (Å²) < 4.78 is 10.7. The number of carboxylic acids is 1. The van der Waals surface area contributed by atoms with Crippen molar-refractivity contribution in [1.29, 1.82) is 0 Å². The van der Waals surface area contributed by atoms with E-state index in [0.717, 1.165) is 0 Å². The molecule has 1 aromatic carbocycles. The maximum atomic E-state index is 10.9. The summed E-state index contributed by atoms with van der Waals surface area (Å²) in [6.07, 6.45) is 2.31. The second-order valence-corrected chi connectivity index (χ2v) is 3.87. The number of hydrogen-bond acceptors (Lipinski definition) is 4. The number of carboxylic acid groups (broad SMARTS) is 1. The van der Waals surface area contributed by atoms with Crippen LogP contribution in [0, 0.1) is 0 Å². The van der Waals surface area contributed by atoms with Crippen LogP contribution in [0.15, 0.2) is 30.6 Å². The topological polar surface area (TPSA) is 84.4 Å². The highest BCUT2D eigenvalue weighted by molar-refractivity contribution is 5.74. The first-order valence-electron chi connectivity index (χ1n) is 5.69. The Morgan fingerprint density at radius 2 is 2.26 bits per heavy atom. The highest BCUT2D eigenvalue weighted by Gasteiger charge is 2.20. The summed E-state index contributed by atoms with van der Waals surface area (Å²) in [6, 6.07) is 5.27. The fourth-order valence-corrected chi connectivity index (χ4v) is 1.62. The molecule has 2 N–H and O–H groups in total. The Kier molecular flexibility index (Phi) is 3.70. The van der Waals surface area contributed by atoms with Crippen molar-refractivity contribution in [2.45, 2.75) is 13.0 Å². The van der Waals surface area contributed by atoms with E-state index in [4.69, 9.17) is 14.6 Å². The van der Waals surface area contributed by atoms with Crippen molar-refractivity contribution in [3.63, 3.8) is 0 Å². The number of aromatic amines is 1. The number of imidazole rings is 1. The Labute approximate surface area is 110 Å². The van der Waals surface area contributed by atoms with Crippen LogP contribution in [-0.4, -0.2) is 34.3 Å². The van der Waals surface area contributed by atoms with E-state index in [1.807, 2.05) is 0 Å². The Balaban J connectivity index is 2.46. The fourth-order valence-electron chi connectivity index (χ4n) is 1.62. The molecular weight excluding hydrogens is 248 g/mol. The molecule has 1 unspecified atom stereocenters. The summed E-state index contributed by atoms with van der Waals surface area (Å²) in [4.78, 5) is 18.0. The number of aromatic nitrogens is 2. The van der Waals surface area contributed by atoms with Gasteiger partial charge in [-0.05, 0) is 19.1 Å². The molecule has 0 fully saturated rings. The average molecular weight is 262 g/mol. The van der Waals surface area contributed by atoms with Gasteiger partial charge in [-0.15, -0.1) is 0 Å². The predicted octanol–water partition coefficient (Wildman–Crippen LogP) is 1.94. The molecule has 0 aliphatic carbocycles. The molecule has 100 valence electrons. The highest BCUT2D eigenvalue weighted by atomic mass is 16.5. The molecule has 6 heteroatoms. The Morgan fingerprint density at radius 1 is 1.47 bits per heavy atom. The molecule has 0 saturated carbocycles. The van der Waals surface area contributed by atoms with Gasteiger partial charge in [0, 0.05) is 12.4 Å². The first kappa shape index (κ1) is 12.9. The average Bonchev–Trinajstić information content (AvgIpc) is 2.92. The van der Waals surface area contributed by atoms with Crippen LogP contribution in [0.5, 0.6) is 11.5 Å². The van der Waals surface area contributed by atoms with Gasteiger partial charge in [0.2, 0.25) is 0 Å². The summed E-state index contributed by atoms with van der Waals surface area (Å²) >= 11 is 0. The second kappa shape index (κ2) is 5.43. The zero-order valence-corrected chi connectivity index (χ0v) is 10.6. The summed E-state index contributed by atoms with van der Waals surface area (Å²) in [5.41, 5.74) is 0.650. The van der Waals surface area contributed by atoms with Gasteiger partial charge in [0.05, 0.1) is 12.7 Å². The first-order valence-corrected chi connectivity index (χ1v) is 5.69. The van der Waals surface area contributed by atoms with Crippen LogP contribution in [0.4, 0.5) is 0 Å². The molecule has 6 nitrogen and oxygen atoms in total. The third-order valence-corrected chi connectivity index (χ3v) is 2.59. The third kappa shape index (κ3) is 2.67. The molecule has 0 amide bonds. The maximum absolute atomic E-state index is 10.9. The number of H-pyrrole nitrogens is 1. The largest absolute Gasteiger partial charge is 0.493 e. The highest BCUT2D eigenvalue weighted by Crippen LogP contribution is 2.37. The SMILES string of the molecule is COc1cccc(-c2ncc[nH]2)c1OC(C)C(=O)O. The van der Waals surface area contributed by atoms with Crippen molar-refractivity contribution in [2.24, 2.45) is 0 Å². The number of hydrogen-bond donors (Lipinski definition) is 2. The van der Waals surface area contributed by atoms with Crippen LogP contribution in [0.1, 0.15) is 6.92 Å². The van der Waals surface area contributed by atoms with Crippen LogP contribution in [-0.2, 0) is 4.79 Å². The minimum absolute atomic E-state index is 0.356. The molecule has 0 saturated heterocycles. The van der Waals surface area contributed by atoms with Crippen molar-refractivity contribution in [3.8, 4) is 22.9 Å². The van der Waals surface area contributed by atoms with E-state index in [1.54, 1.807) is 30.6 Å². The van der Waals surface area contributed by atoms with Gasteiger partial charge in [0.15, 0.2) is 17.6 Å². The number of nitrogens with zero attached hydrogens (tertiary/aromatic N) is 1. The van der Waals surface area contributed by atoms with Gasteiger partial charge >= 0.3 is 5.97 Å². The van der Waals surface area contributed by atoms with Crippen LogP contribution in [0.25, 0.3) is 11.4 Å². The molecule has 0 bridgehead atoms. The van der Waals surface area contributed by atoms with Crippen LogP contribution in [0.2, 0.25) is 0 Å². The van der Waals surface area contributed by atoms with Crippen LogP contribution >= 0.6 is 0 Å². The molecular formula is C13H14N2O4. The first-order chi connectivity index (χ1) is 9.13. The molecule has 1 atom stereocenters. The lowest BCUT2D eigenvalue weighted by Crippen LogP contribution is -2.23. The molecule has 2 rings (SSSR count). The summed E-state index contributed by atoms with van der Waals surface area (Å²) in [6.45, 7) is 1.46. The van der Waals surface area contributed by atoms with E-state index in [0.29, 0.717) is 22.9 Å². The van der Waals surface area contributed by atoms with Crippen molar-refractivity contribution < 1.29 is 19.4 Å². The summed E-state index contributed by atoms with van der Waals surface area (Å²) in [5, 5.41) is 8.94. The molecule has 0 aliphatic rings. The number of aliphatic carboxylic acids is 1. The third-order valence-electron chi connectivity index (χ3n) is 2.59. The smallest absolute Gasteiger partial charge is 0.344 e. The van der Waals surface area contributed by atoms with Gasteiger partial charge in [-0.3, -0.25) is 0 Å². The molecule has 1 heterocycles. The zero-order chi connectivity index (χ0) is 13.8. The lowest BCUT2D eigenvalue weighted by molar-refractivity contribution is -0.144. The number of carbonyl (C=O) groups is 1.